The minimum Gasteiger partial charge on any atom is -0.367 e. The summed E-state index contributed by atoms with van der Waals surface area (Å²) in [5.74, 6) is 2.62. The maximum Gasteiger partial charge on any atom is 0.134 e. The summed E-state index contributed by atoms with van der Waals surface area (Å²) in [6, 6.07) is 4.84. The predicted octanol–water partition coefficient (Wildman–Crippen LogP) is 4.53. The van der Waals surface area contributed by atoms with Crippen molar-refractivity contribution in [2.24, 2.45) is 11.8 Å². The third kappa shape index (κ3) is 2.12. The number of hydrogen-bond acceptors (Lipinski definition) is 3. The molecule has 1 saturated carbocycles. The Morgan fingerprint density at radius 3 is 3.06 bits per heavy atom. The normalized spacial score (nSPS) is 28.4. The van der Waals surface area contributed by atoms with Gasteiger partial charge in [0.15, 0.2) is 0 Å². The van der Waals surface area contributed by atoms with Gasteiger partial charge in [-0.15, -0.1) is 11.3 Å². The molecular formula is C15H20N2S. The van der Waals surface area contributed by atoms with E-state index >= 15 is 0 Å². The topological polar surface area (TPSA) is 24.9 Å². The molecule has 0 spiro atoms. The zero-order chi connectivity index (χ0) is 12.5. The first-order valence-electron chi connectivity index (χ1n) is 6.84. The van der Waals surface area contributed by atoms with Gasteiger partial charge in [0.1, 0.15) is 5.82 Å². The Bertz CT molecular complexity index is 534. The fourth-order valence-electron chi connectivity index (χ4n) is 2.97. The van der Waals surface area contributed by atoms with E-state index in [-0.39, 0.29) is 0 Å². The minimum absolute atomic E-state index is 0.576. The quantitative estimate of drug-likeness (QED) is 0.858. The third-order valence-electron chi connectivity index (χ3n) is 4.41. The maximum absolute atomic E-state index is 4.53. The largest absolute Gasteiger partial charge is 0.367 e. The van der Waals surface area contributed by atoms with Gasteiger partial charge < -0.3 is 5.32 Å². The lowest BCUT2D eigenvalue weighted by Gasteiger charge is -2.35. The van der Waals surface area contributed by atoms with Gasteiger partial charge in [-0.1, -0.05) is 26.7 Å². The second kappa shape index (κ2) is 4.88. The summed E-state index contributed by atoms with van der Waals surface area (Å²) in [5, 5.41) is 7.10. The second-order valence-electron chi connectivity index (χ2n) is 5.51. The monoisotopic (exact) mass is 260 g/mol. The van der Waals surface area contributed by atoms with Gasteiger partial charge >= 0.3 is 0 Å². The third-order valence-corrected chi connectivity index (χ3v) is 5.29. The van der Waals surface area contributed by atoms with Crippen LogP contribution in [0, 0.1) is 11.8 Å². The highest BCUT2D eigenvalue weighted by Crippen LogP contribution is 2.33. The van der Waals surface area contributed by atoms with E-state index in [4.69, 9.17) is 0 Å². The molecule has 3 atom stereocenters. The first-order valence-corrected chi connectivity index (χ1v) is 7.72. The number of nitrogens with zero attached hydrogens (tertiary/aromatic N) is 1. The van der Waals surface area contributed by atoms with Gasteiger partial charge in [0, 0.05) is 22.3 Å². The zero-order valence-corrected chi connectivity index (χ0v) is 11.8. The van der Waals surface area contributed by atoms with E-state index < -0.39 is 0 Å². The van der Waals surface area contributed by atoms with Crippen LogP contribution in [0.4, 0.5) is 5.82 Å². The Morgan fingerprint density at radius 2 is 2.17 bits per heavy atom. The highest BCUT2D eigenvalue weighted by atomic mass is 32.1. The van der Waals surface area contributed by atoms with Crippen molar-refractivity contribution in [3.8, 4) is 0 Å². The Kier molecular flexibility index (Phi) is 3.25. The van der Waals surface area contributed by atoms with Crippen LogP contribution in [-0.4, -0.2) is 11.0 Å². The lowest BCUT2D eigenvalue weighted by Crippen LogP contribution is -2.35. The molecule has 96 valence electrons. The summed E-state index contributed by atoms with van der Waals surface area (Å²) in [6.45, 7) is 4.74. The summed E-state index contributed by atoms with van der Waals surface area (Å²) in [6.07, 6.45) is 5.89. The van der Waals surface area contributed by atoms with Crippen molar-refractivity contribution in [1.82, 2.24) is 4.98 Å². The first-order chi connectivity index (χ1) is 8.75. The van der Waals surface area contributed by atoms with Crippen LogP contribution in [0.2, 0.25) is 0 Å². The Balaban J connectivity index is 1.85. The molecule has 2 aromatic rings. The van der Waals surface area contributed by atoms with Crippen molar-refractivity contribution >= 4 is 27.2 Å². The molecular weight excluding hydrogens is 240 g/mol. The van der Waals surface area contributed by atoms with Crippen molar-refractivity contribution in [1.29, 1.82) is 0 Å². The highest BCUT2D eigenvalue weighted by molar-refractivity contribution is 7.17. The maximum atomic E-state index is 4.53. The Morgan fingerprint density at radius 1 is 1.28 bits per heavy atom. The summed E-state index contributed by atoms with van der Waals surface area (Å²) < 4.78 is 1.32. The van der Waals surface area contributed by atoms with Gasteiger partial charge in [0.25, 0.3) is 0 Å². The molecule has 0 bridgehead atoms. The number of rotatable bonds is 2. The van der Waals surface area contributed by atoms with Crippen LogP contribution < -0.4 is 5.32 Å². The number of fused-ring (bicyclic) bond motifs is 1. The molecule has 0 amide bonds. The second-order valence-corrected chi connectivity index (χ2v) is 6.46. The van der Waals surface area contributed by atoms with Crippen molar-refractivity contribution in [3.63, 3.8) is 0 Å². The van der Waals surface area contributed by atoms with Crippen LogP contribution in [0.15, 0.2) is 23.7 Å². The number of nitrogens with one attached hydrogen (secondary N) is 1. The molecule has 3 rings (SSSR count). The van der Waals surface area contributed by atoms with Crippen LogP contribution in [-0.2, 0) is 0 Å². The predicted molar refractivity (Wildman–Crippen MR) is 79.2 cm³/mol. The number of hydrogen-bond donors (Lipinski definition) is 1. The zero-order valence-electron chi connectivity index (χ0n) is 11.0. The van der Waals surface area contributed by atoms with E-state index in [9.17, 15) is 0 Å². The van der Waals surface area contributed by atoms with Gasteiger partial charge in [-0.2, -0.15) is 0 Å². The number of pyridine rings is 1. The summed E-state index contributed by atoms with van der Waals surface area (Å²) in [7, 11) is 0. The van der Waals surface area contributed by atoms with E-state index in [0.717, 1.165) is 17.7 Å². The SMILES string of the molecule is CC1CCCC(Nc2nccc3sccc23)C1C. The van der Waals surface area contributed by atoms with Crippen LogP contribution in [0.5, 0.6) is 0 Å². The minimum atomic E-state index is 0.576. The molecule has 2 nitrogen and oxygen atoms in total. The fourth-order valence-corrected chi connectivity index (χ4v) is 3.75. The first kappa shape index (κ1) is 12.0. The van der Waals surface area contributed by atoms with E-state index in [1.165, 1.54) is 29.3 Å². The molecule has 0 saturated heterocycles. The Hall–Kier alpha value is -1.09. The summed E-state index contributed by atoms with van der Waals surface area (Å²) >= 11 is 1.78. The van der Waals surface area contributed by atoms with Crippen molar-refractivity contribution in [3.05, 3.63) is 23.7 Å². The van der Waals surface area contributed by atoms with Gasteiger partial charge in [-0.05, 0) is 35.8 Å². The molecule has 1 aliphatic carbocycles. The summed E-state index contributed by atoms with van der Waals surface area (Å²) in [4.78, 5) is 4.53. The smallest absolute Gasteiger partial charge is 0.134 e. The lowest BCUT2D eigenvalue weighted by atomic mass is 9.78. The van der Waals surface area contributed by atoms with E-state index in [2.05, 4.69) is 41.7 Å². The van der Waals surface area contributed by atoms with E-state index in [1.54, 1.807) is 11.3 Å². The number of aromatic nitrogens is 1. The fraction of sp³-hybridized carbons (Fsp3) is 0.533. The molecule has 18 heavy (non-hydrogen) atoms. The molecule has 3 heteroatoms. The van der Waals surface area contributed by atoms with E-state index in [0.29, 0.717) is 6.04 Å². The van der Waals surface area contributed by atoms with Crippen LogP contribution in [0.1, 0.15) is 33.1 Å². The average Bonchev–Trinajstić information content (AvgIpc) is 2.84. The molecule has 1 N–H and O–H groups in total. The van der Waals surface area contributed by atoms with Crippen LogP contribution >= 0.6 is 11.3 Å². The van der Waals surface area contributed by atoms with Gasteiger partial charge in [0.05, 0.1) is 0 Å². The summed E-state index contributed by atoms with van der Waals surface area (Å²) in [5.41, 5.74) is 0. The average molecular weight is 260 g/mol. The van der Waals surface area contributed by atoms with Gasteiger partial charge in [0.2, 0.25) is 0 Å². The molecule has 2 aromatic heterocycles. The molecule has 2 heterocycles. The standard InChI is InChI=1S/C15H20N2S/c1-10-4-3-5-13(11(10)2)17-15-12-7-9-18-14(12)6-8-16-15/h6-11,13H,3-5H2,1-2H3,(H,16,17). The van der Waals surface area contributed by atoms with Gasteiger partial charge in [-0.3, -0.25) is 0 Å². The van der Waals surface area contributed by atoms with Crippen molar-refractivity contribution in [2.45, 2.75) is 39.2 Å². The molecule has 1 aliphatic rings. The van der Waals surface area contributed by atoms with Crippen LogP contribution in [0.3, 0.4) is 0 Å². The molecule has 1 fully saturated rings. The molecule has 3 unspecified atom stereocenters. The molecule has 0 radical (unpaired) electrons. The Labute approximate surface area is 112 Å². The lowest BCUT2D eigenvalue weighted by molar-refractivity contribution is 0.253. The van der Waals surface area contributed by atoms with Crippen molar-refractivity contribution < 1.29 is 0 Å². The highest BCUT2D eigenvalue weighted by Gasteiger charge is 2.27. The van der Waals surface area contributed by atoms with E-state index in [1.807, 2.05) is 6.20 Å². The van der Waals surface area contributed by atoms with Gasteiger partial charge in [-0.25, -0.2) is 4.98 Å². The molecule has 0 aromatic carbocycles. The number of anilines is 1. The molecule has 0 aliphatic heterocycles. The number of thiophene rings is 1. The van der Waals surface area contributed by atoms with Crippen molar-refractivity contribution in [2.75, 3.05) is 5.32 Å². The van der Waals surface area contributed by atoms with Crippen LogP contribution in [0.25, 0.3) is 10.1 Å².